The fraction of sp³-hybridized carbons (Fsp3) is 0.0625. The summed E-state index contributed by atoms with van der Waals surface area (Å²) in [6.45, 7) is 0.0193. The number of benzene rings is 1. The van der Waals surface area contributed by atoms with Gasteiger partial charge in [0.1, 0.15) is 0 Å². The Morgan fingerprint density at radius 1 is 1.35 bits per heavy atom. The topological polar surface area (TPSA) is 114 Å². The van der Waals surface area contributed by atoms with Crippen molar-refractivity contribution in [1.29, 1.82) is 5.26 Å². The Bertz CT molecular complexity index is 1090. The number of nitrogens with zero attached hydrogens (tertiary/aromatic N) is 4. The minimum absolute atomic E-state index is 0. The van der Waals surface area contributed by atoms with E-state index in [2.05, 4.69) is 21.0 Å². The Kier molecular flexibility index (Phi) is 7.92. The molecule has 0 bridgehead atoms. The van der Waals surface area contributed by atoms with E-state index in [1.54, 1.807) is 6.07 Å². The van der Waals surface area contributed by atoms with Crippen LogP contribution in [0.4, 0.5) is 0 Å². The molecule has 0 saturated heterocycles. The molecule has 0 aliphatic heterocycles. The average Bonchev–Trinajstić information content (AvgIpc) is 2.61. The predicted molar refractivity (Wildman–Crippen MR) is 87.9 cm³/mol. The Morgan fingerprint density at radius 3 is 2.85 bits per heavy atom. The molecular weight excluding hydrogens is 517 g/mol. The van der Waals surface area contributed by atoms with Gasteiger partial charge in [-0.3, -0.25) is 0 Å². The molecule has 2 heterocycles. The number of rotatable bonds is 4. The molecule has 0 amide bonds. The van der Waals surface area contributed by atoms with Crippen molar-refractivity contribution in [2.75, 3.05) is 0 Å². The van der Waals surface area contributed by atoms with Crippen LogP contribution in [-0.2, 0) is 6.54 Å². The molecule has 8 nitrogen and oxygen atoms in total. The number of ether oxygens (including phenoxy) is 1. The van der Waals surface area contributed by atoms with Crippen LogP contribution < -0.4 is 77.6 Å². The quantitative estimate of drug-likeness (QED) is 0.281. The summed E-state index contributed by atoms with van der Waals surface area (Å²) in [7, 11) is 0. The van der Waals surface area contributed by atoms with E-state index in [0.29, 0.717) is 20.4 Å². The standard InChI is InChI=1S/C16H9N5O3.Rb.Sb/c17-5-11-1-3-13(4-2-11)24-14-7-19-10-21(16(14)23)8-12-6-18-9-20-15(12)22;;/h1-2,6-7,9-10H,8H2,(H,18,20,22);;/q-1;+1;. The van der Waals surface area contributed by atoms with Crippen molar-refractivity contribution in [2.45, 2.75) is 6.54 Å². The normalized spacial score (nSPS) is 9.85. The number of hydrogen-bond acceptors (Lipinski definition) is 6. The van der Waals surface area contributed by atoms with Crippen molar-refractivity contribution in [3.63, 3.8) is 0 Å². The van der Waals surface area contributed by atoms with Gasteiger partial charge in [0.15, 0.2) is 0 Å². The number of aromatic nitrogens is 4. The third kappa shape index (κ3) is 4.99. The third-order valence-electron chi connectivity index (χ3n) is 3.23. The van der Waals surface area contributed by atoms with Crippen LogP contribution in [0.1, 0.15) is 11.1 Å². The molecule has 0 aliphatic rings. The zero-order chi connectivity index (χ0) is 17.8. The number of nitriles is 1. The van der Waals surface area contributed by atoms with Crippen molar-refractivity contribution >= 4 is 26.5 Å². The molecule has 2 radical (unpaired) electrons. The van der Waals surface area contributed by atoms with Gasteiger partial charge in [-0.05, 0) is 0 Å². The van der Waals surface area contributed by atoms with Gasteiger partial charge in [-0.15, -0.1) is 0 Å². The van der Waals surface area contributed by atoms with E-state index in [-0.39, 0.29) is 76.0 Å². The molecule has 122 valence electrons. The van der Waals surface area contributed by atoms with Crippen LogP contribution in [0.3, 0.4) is 0 Å². The van der Waals surface area contributed by atoms with Gasteiger partial charge in [0.05, 0.1) is 0 Å². The summed E-state index contributed by atoms with van der Waals surface area (Å²) < 4.78 is 7.57. The second-order valence-electron chi connectivity index (χ2n) is 4.91. The molecule has 1 N–H and O–H groups in total. The fourth-order valence-corrected chi connectivity index (χ4v) is 2.72. The van der Waals surface area contributed by atoms with Gasteiger partial charge in [-0.2, -0.15) is 0 Å². The van der Waals surface area contributed by atoms with Crippen LogP contribution in [0.25, 0.3) is 0 Å². The third-order valence-corrected chi connectivity index (χ3v) is 4.18. The zero-order valence-electron chi connectivity index (χ0n) is 13.6. The molecule has 10 heteroatoms. The Balaban J connectivity index is 0.00000243. The molecule has 0 atom stereocenters. The second-order valence-corrected chi connectivity index (χ2v) is 6.29. The SMILES string of the molecule is N#Cc1c[c-]c(Oc2cncn(Cc3cnc[nH]c3=O)c2=O)[c]([Sb])c1.[Rb+]. The van der Waals surface area contributed by atoms with Crippen molar-refractivity contribution in [3.05, 3.63) is 75.1 Å². The fourth-order valence-electron chi connectivity index (χ4n) is 2.01. The van der Waals surface area contributed by atoms with E-state index >= 15 is 0 Å². The van der Waals surface area contributed by atoms with Gasteiger partial charge in [-0.25, -0.2) is 0 Å². The van der Waals surface area contributed by atoms with Gasteiger partial charge >= 0.3 is 213 Å². The summed E-state index contributed by atoms with van der Waals surface area (Å²) in [5.41, 5.74) is 0.0168. The largest absolute Gasteiger partial charge is 1.00 e. The molecule has 0 unspecified atom stereocenters. The smallest absolute Gasteiger partial charge is 1.00 e. The summed E-state index contributed by atoms with van der Waals surface area (Å²) in [6, 6.07) is 8.00. The summed E-state index contributed by atoms with van der Waals surface area (Å²) in [5.74, 6) is 0.351. The Labute approximate surface area is 210 Å². The summed E-state index contributed by atoms with van der Waals surface area (Å²) in [6.07, 6.45) is 5.28. The van der Waals surface area contributed by atoms with Gasteiger partial charge in [0.2, 0.25) is 0 Å². The molecule has 0 saturated carbocycles. The molecule has 0 fully saturated rings. The van der Waals surface area contributed by atoms with Gasteiger partial charge in [-0.1, -0.05) is 0 Å². The number of hydrogen-bond donors (Lipinski definition) is 1. The van der Waals surface area contributed by atoms with E-state index < -0.39 is 5.56 Å². The van der Waals surface area contributed by atoms with Gasteiger partial charge in [0, 0.05) is 0 Å². The minimum Gasteiger partial charge on any atom is 1.00 e. The first kappa shape index (κ1) is 21.2. The number of aromatic amines is 1. The first-order valence-corrected chi connectivity index (χ1v) is 8.25. The van der Waals surface area contributed by atoms with Crippen LogP contribution in [0.15, 0.2) is 46.8 Å². The van der Waals surface area contributed by atoms with Crippen molar-refractivity contribution in [1.82, 2.24) is 19.5 Å². The second kappa shape index (κ2) is 9.72. The zero-order valence-corrected chi connectivity index (χ0v) is 21.1. The summed E-state index contributed by atoms with van der Waals surface area (Å²) in [5, 5.41) is 8.88. The number of H-pyrrole nitrogens is 1. The maximum Gasteiger partial charge on any atom is 1.00 e. The average molecular weight is 527 g/mol. The molecule has 1 aromatic carbocycles. The molecule has 3 aromatic rings. The minimum atomic E-state index is -0.443. The van der Waals surface area contributed by atoms with Crippen LogP contribution in [0.5, 0.6) is 11.5 Å². The van der Waals surface area contributed by atoms with Crippen molar-refractivity contribution < 1.29 is 62.9 Å². The molecule has 26 heavy (non-hydrogen) atoms. The monoisotopic (exact) mass is 525 g/mol. The van der Waals surface area contributed by atoms with E-state index in [1.807, 2.05) is 6.07 Å². The van der Waals surface area contributed by atoms with E-state index in [1.165, 1.54) is 58.7 Å². The summed E-state index contributed by atoms with van der Waals surface area (Å²) in [4.78, 5) is 34.5. The van der Waals surface area contributed by atoms with Crippen LogP contribution in [0.2, 0.25) is 0 Å². The van der Waals surface area contributed by atoms with Crippen LogP contribution in [-0.4, -0.2) is 42.5 Å². The summed E-state index contributed by atoms with van der Waals surface area (Å²) >= 11 is 1.34. The maximum atomic E-state index is 12.5. The van der Waals surface area contributed by atoms with E-state index in [0.717, 1.165) is 0 Å². The predicted octanol–water partition coefficient (Wildman–Crippen LogP) is -3.36. The molecular formula is C16H9N5O3RbSb. The van der Waals surface area contributed by atoms with Crippen LogP contribution >= 0.6 is 0 Å². The van der Waals surface area contributed by atoms with Gasteiger partial charge < -0.3 is 0 Å². The molecule has 0 spiro atoms. The first-order chi connectivity index (χ1) is 12.1. The maximum absolute atomic E-state index is 12.5. The number of nitrogens with one attached hydrogen (secondary N) is 1. The van der Waals surface area contributed by atoms with Crippen LogP contribution in [0, 0.1) is 17.4 Å². The molecule has 0 aliphatic carbocycles. The Hall–Kier alpha value is -1.11. The van der Waals surface area contributed by atoms with E-state index in [9.17, 15) is 9.59 Å². The molecule has 3 rings (SSSR count). The van der Waals surface area contributed by atoms with Crippen molar-refractivity contribution in [3.8, 4) is 17.6 Å². The van der Waals surface area contributed by atoms with Gasteiger partial charge in [0.25, 0.3) is 0 Å². The Morgan fingerprint density at radius 2 is 2.15 bits per heavy atom. The van der Waals surface area contributed by atoms with Crippen molar-refractivity contribution in [2.24, 2.45) is 0 Å². The molecule has 2 aromatic heterocycles. The van der Waals surface area contributed by atoms with E-state index in [4.69, 9.17) is 10.00 Å². The first-order valence-electron chi connectivity index (χ1n) is 6.97.